The van der Waals surface area contributed by atoms with Gasteiger partial charge in [0, 0.05) is 5.41 Å². The number of ether oxygens (including phenoxy) is 1. The zero-order valence-corrected chi connectivity index (χ0v) is 17.6. The summed E-state index contributed by atoms with van der Waals surface area (Å²) in [6.45, 7) is 3.55. The van der Waals surface area contributed by atoms with Gasteiger partial charge in [0.25, 0.3) is 0 Å². The summed E-state index contributed by atoms with van der Waals surface area (Å²) < 4.78 is 4.78. The van der Waals surface area contributed by atoms with E-state index < -0.39 is 18.0 Å². The highest BCUT2D eigenvalue weighted by molar-refractivity contribution is 5.70. The minimum Gasteiger partial charge on any atom is -0.464 e. The molecule has 0 amide bonds. The van der Waals surface area contributed by atoms with Crippen LogP contribution < -0.4 is 0 Å². The van der Waals surface area contributed by atoms with Gasteiger partial charge in [-0.1, -0.05) is 78.1 Å². The number of aliphatic hydroxyl groups is 4. The van der Waals surface area contributed by atoms with E-state index in [-0.39, 0.29) is 19.8 Å². The van der Waals surface area contributed by atoms with Crippen molar-refractivity contribution in [3.8, 4) is 0 Å². The molecule has 164 valence electrons. The van der Waals surface area contributed by atoms with E-state index in [0.29, 0.717) is 13.0 Å². The van der Waals surface area contributed by atoms with Crippen LogP contribution in [0.4, 0.5) is 0 Å². The summed E-state index contributed by atoms with van der Waals surface area (Å²) in [5.74, 6) is -0.512. The SMILES string of the molecule is CCC(CO)(CO)CO.CCCCCCCCCCCCCOC(=O)CO. The van der Waals surface area contributed by atoms with Crippen molar-refractivity contribution in [3.63, 3.8) is 0 Å². The molecule has 27 heavy (non-hydrogen) atoms. The van der Waals surface area contributed by atoms with E-state index in [1.165, 1.54) is 57.8 Å². The van der Waals surface area contributed by atoms with Crippen molar-refractivity contribution in [2.45, 2.75) is 90.9 Å². The van der Waals surface area contributed by atoms with Crippen LogP contribution in [-0.4, -0.2) is 59.4 Å². The zero-order chi connectivity index (χ0) is 20.8. The van der Waals surface area contributed by atoms with Crippen LogP contribution in [0.1, 0.15) is 90.9 Å². The lowest BCUT2D eigenvalue weighted by Gasteiger charge is -2.24. The molecule has 0 atom stereocenters. The Bertz CT molecular complexity index is 288. The van der Waals surface area contributed by atoms with Crippen LogP contribution in [0.3, 0.4) is 0 Å². The molecule has 0 aromatic carbocycles. The summed E-state index contributed by atoms with van der Waals surface area (Å²) in [6.07, 6.45) is 14.7. The highest BCUT2D eigenvalue weighted by Gasteiger charge is 2.24. The van der Waals surface area contributed by atoms with Gasteiger partial charge in [0.15, 0.2) is 0 Å². The van der Waals surface area contributed by atoms with Crippen molar-refractivity contribution < 1.29 is 30.0 Å². The molecule has 6 nitrogen and oxygen atoms in total. The fourth-order valence-corrected chi connectivity index (χ4v) is 2.48. The second kappa shape index (κ2) is 21.6. The predicted molar refractivity (Wildman–Crippen MR) is 108 cm³/mol. The number of hydrogen-bond donors (Lipinski definition) is 4. The fourth-order valence-electron chi connectivity index (χ4n) is 2.48. The molecule has 0 aliphatic heterocycles. The first-order valence-electron chi connectivity index (χ1n) is 10.6. The average molecular weight is 393 g/mol. The van der Waals surface area contributed by atoms with E-state index in [1.54, 1.807) is 0 Å². The number of unbranched alkanes of at least 4 members (excludes halogenated alkanes) is 10. The molecule has 0 aromatic rings. The molecule has 0 rings (SSSR count). The van der Waals surface area contributed by atoms with Gasteiger partial charge in [-0.05, 0) is 12.8 Å². The minimum absolute atomic E-state index is 0.156. The van der Waals surface area contributed by atoms with E-state index >= 15 is 0 Å². The molecule has 0 aromatic heterocycles. The lowest BCUT2D eigenvalue weighted by molar-refractivity contribution is -0.147. The molecule has 0 radical (unpaired) electrons. The smallest absolute Gasteiger partial charge is 0.331 e. The monoisotopic (exact) mass is 392 g/mol. The quantitative estimate of drug-likeness (QED) is 0.224. The summed E-state index contributed by atoms with van der Waals surface area (Å²) in [4.78, 5) is 10.6. The Morgan fingerprint density at radius 3 is 1.41 bits per heavy atom. The standard InChI is InChI=1S/C15H30O3.C6H14O3/c1-2-3-4-5-6-7-8-9-10-11-12-13-18-15(17)14-16;1-2-6(3-7,4-8)5-9/h16H,2-14H2,1H3;7-9H,2-5H2,1H3. The number of rotatable bonds is 17. The van der Waals surface area contributed by atoms with Crippen molar-refractivity contribution in [1.29, 1.82) is 0 Å². The number of carbonyl (C=O) groups excluding carboxylic acids is 1. The van der Waals surface area contributed by atoms with Crippen molar-refractivity contribution in [3.05, 3.63) is 0 Å². The van der Waals surface area contributed by atoms with Crippen LogP contribution in [0.5, 0.6) is 0 Å². The molecule has 0 fully saturated rings. The highest BCUT2D eigenvalue weighted by Crippen LogP contribution is 2.18. The van der Waals surface area contributed by atoms with Gasteiger partial charge in [-0.25, -0.2) is 4.79 Å². The van der Waals surface area contributed by atoms with Gasteiger partial charge < -0.3 is 25.2 Å². The summed E-state index contributed by atoms with van der Waals surface area (Å²) in [7, 11) is 0. The number of hydrogen-bond acceptors (Lipinski definition) is 6. The molecule has 0 saturated carbocycles. The molecule has 0 aliphatic carbocycles. The number of esters is 1. The van der Waals surface area contributed by atoms with Crippen LogP contribution in [0.25, 0.3) is 0 Å². The van der Waals surface area contributed by atoms with Crippen molar-refractivity contribution in [2.75, 3.05) is 33.0 Å². The summed E-state index contributed by atoms with van der Waals surface area (Å²) in [6, 6.07) is 0. The molecule has 6 heteroatoms. The second-order valence-corrected chi connectivity index (χ2v) is 7.24. The van der Waals surface area contributed by atoms with Gasteiger partial charge >= 0.3 is 5.97 Å². The maximum atomic E-state index is 10.6. The lowest BCUT2D eigenvalue weighted by Crippen LogP contribution is -2.32. The molecule has 0 heterocycles. The van der Waals surface area contributed by atoms with Crippen molar-refractivity contribution in [1.82, 2.24) is 0 Å². The number of aliphatic hydroxyl groups excluding tert-OH is 4. The Labute approximate surface area is 165 Å². The third-order valence-electron chi connectivity index (χ3n) is 4.90. The van der Waals surface area contributed by atoms with Gasteiger partial charge in [-0.3, -0.25) is 0 Å². The van der Waals surface area contributed by atoms with E-state index in [2.05, 4.69) is 6.92 Å². The Balaban J connectivity index is 0. The second-order valence-electron chi connectivity index (χ2n) is 7.24. The van der Waals surface area contributed by atoms with E-state index in [9.17, 15) is 4.79 Å². The molecule has 0 unspecified atom stereocenters. The Hall–Kier alpha value is -0.690. The van der Waals surface area contributed by atoms with Crippen LogP contribution in [0.2, 0.25) is 0 Å². The van der Waals surface area contributed by atoms with Crippen LogP contribution >= 0.6 is 0 Å². The summed E-state index contributed by atoms with van der Waals surface area (Å²) >= 11 is 0. The molecule has 0 spiro atoms. The van der Waals surface area contributed by atoms with E-state index in [4.69, 9.17) is 25.2 Å². The molecule has 4 N–H and O–H groups in total. The van der Waals surface area contributed by atoms with Crippen LogP contribution in [0.15, 0.2) is 0 Å². The highest BCUT2D eigenvalue weighted by atomic mass is 16.5. The Morgan fingerprint density at radius 1 is 0.704 bits per heavy atom. The van der Waals surface area contributed by atoms with Gasteiger partial charge in [0.1, 0.15) is 6.61 Å². The van der Waals surface area contributed by atoms with Gasteiger partial charge in [0.2, 0.25) is 0 Å². The topological polar surface area (TPSA) is 107 Å². The predicted octanol–water partition coefficient (Wildman–Crippen LogP) is 3.19. The summed E-state index contributed by atoms with van der Waals surface area (Å²) in [5.41, 5.74) is -0.667. The first-order chi connectivity index (χ1) is 13.1. The van der Waals surface area contributed by atoms with Crippen molar-refractivity contribution >= 4 is 5.97 Å². The Morgan fingerprint density at radius 2 is 1.11 bits per heavy atom. The zero-order valence-electron chi connectivity index (χ0n) is 17.6. The molecule has 0 saturated heterocycles. The summed E-state index contributed by atoms with van der Waals surface area (Å²) in [5, 5.41) is 34.4. The molecule has 0 bridgehead atoms. The van der Waals surface area contributed by atoms with Crippen LogP contribution in [-0.2, 0) is 9.53 Å². The molecule has 0 aliphatic rings. The third kappa shape index (κ3) is 18.4. The first kappa shape index (κ1) is 28.5. The fraction of sp³-hybridized carbons (Fsp3) is 0.952. The number of carbonyl (C=O) groups is 1. The van der Waals surface area contributed by atoms with E-state index in [0.717, 1.165) is 12.8 Å². The molecular formula is C21H44O6. The van der Waals surface area contributed by atoms with Gasteiger partial charge in [-0.15, -0.1) is 0 Å². The first-order valence-corrected chi connectivity index (χ1v) is 10.6. The van der Waals surface area contributed by atoms with Gasteiger partial charge in [0.05, 0.1) is 26.4 Å². The van der Waals surface area contributed by atoms with Gasteiger partial charge in [-0.2, -0.15) is 0 Å². The lowest BCUT2D eigenvalue weighted by atomic mass is 9.88. The third-order valence-corrected chi connectivity index (χ3v) is 4.90. The Kier molecular flexibility index (Phi) is 22.8. The average Bonchev–Trinajstić information content (AvgIpc) is 2.71. The maximum absolute atomic E-state index is 10.6. The minimum atomic E-state index is -0.667. The largest absolute Gasteiger partial charge is 0.464 e. The van der Waals surface area contributed by atoms with E-state index in [1.807, 2.05) is 6.92 Å². The maximum Gasteiger partial charge on any atom is 0.331 e. The van der Waals surface area contributed by atoms with Crippen molar-refractivity contribution in [2.24, 2.45) is 5.41 Å². The normalized spacial score (nSPS) is 11.0. The van der Waals surface area contributed by atoms with Crippen LogP contribution in [0, 0.1) is 5.41 Å². The molecular weight excluding hydrogens is 348 g/mol.